The SMILES string of the molecule is CN(C(N)=NCC1(S(C)=O)CC1)C1CC1.I. The van der Waals surface area contributed by atoms with Crippen LogP contribution in [0.15, 0.2) is 4.99 Å². The van der Waals surface area contributed by atoms with E-state index in [4.69, 9.17) is 5.73 Å². The molecule has 6 heteroatoms. The molecule has 2 rings (SSSR count). The molecule has 0 radical (unpaired) electrons. The Bertz CT molecular complexity index is 313. The quantitative estimate of drug-likeness (QED) is 0.463. The molecule has 0 amide bonds. The van der Waals surface area contributed by atoms with Crippen LogP contribution in [0.1, 0.15) is 25.7 Å². The standard InChI is InChI=1S/C10H19N3OS.HI/c1-13(8-3-4-8)9(11)12-7-10(5-6-10)15(2)14;/h8H,3-7H2,1-2H3,(H2,11,12);1H. The summed E-state index contributed by atoms with van der Waals surface area (Å²) in [4.78, 5) is 6.40. The van der Waals surface area contributed by atoms with Crippen molar-refractivity contribution < 1.29 is 4.21 Å². The van der Waals surface area contributed by atoms with E-state index in [1.165, 1.54) is 12.8 Å². The number of rotatable bonds is 4. The Hall–Kier alpha value is 0.150. The summed E-state index contributed by atoms with van der Waals surface area (Å²) in [5.41, 5.74) is 5.87. The van der Waals surface area contributed by atoms with Crippen molar-refractivity contribution in [2.24, 2.45) is 10.7 Å². The third-order valence-corrected chi connectivity index (χ3v) is 5.16. The molecule has 2 aliphatic carbocycles. The average molecular weight is 357 g/mol. The summed E-state index contributed by atoms with van der Waals surface area (Å²) in [6, 6.07) is 0.594. The predicted octanol–water partition coefficient (Wildman–Crippen LogP) is 0.924. The topological polar surface area (TPSA) is 58.7 Å². The van der Waals surface area contributed by atoms with Gasteiger partial charge in [-0.2, -0.15) is 0 Å². The van der Waals surface area contributed by atoms with Gasteiger partial charge in [-0.05, 0) is 25.7 Å². The van der Waals surface area contributed by atoms with E-state index in [1.807, 2.05) is 11.9 Å². The molecule has 0 aliphatic heterocycles. The van der Waals surface area contributed by atoms with Gasteiger partial charge in [0.1, 0.15) is 0 Å². The molecule has 1 atom stereocenters. The van der Waals surface area contributed by atoms with Crippen molar-refractivity contribution in [2.75, 3.05) is 19.8 Å². The molecule has 4 nitrogen and oxygen atoms in total. The van der Waals surface area contributed by atoms with Crippen LogP contribution in [0.4, 0.5) is 0 Å². The largest absolute Gasteiger partial charge is 0.370 e. The summed E-state index contributed by atoms with van der Waals surface area (Å²) in [7, 11) is 1.21. The maximum absolute atomic E-state index is 11.4. The van der Waals surface area contributed by atoms with E-state index in [2.05, 4.69) is 4.99 Å². The lowest BCUT2D eigenvalue weighted by molar-refractivity contribution is 0.487. The maximum atomic E-state index is 11.4. The van der Waals surface area contributed by atoms with E-state index in [0.29, 0.717) is 18.5 Å². The van der Waals surface area contributed by atoms with Gasteiger partial charge in [-0.25, -0.2) is 0 Å². The van der Waals surface area contributed by atoms with Gasteiger partial charge in [0.2, 0.25) is 0 Å². The highest BCUT2D eigenvalue weighted by atomic mass is 127. The second-order valence-electron chi connectivity index (χ2n) is 4.65. The molecule has 0 aromatic carbocycles. The van der Waals surface area contributed by atoms with Crippen LogP contribution >= 0.6 is 24.0 Å². The maximum Gasteiger partial charge on any atom is 0.191 e. The molecule has 0 bridgehead atoms. The summed E-state index contributed by atoms with van der Waals surface area (Å²) in [6.07, 6.45) is 6.26. The summed E-state index contributed by atoms with van der Waals surface area (Å²) in [5, 5.41) is 0. The smallest absolute Gasteiger partial charge is 0.191 e. The van der Waals surface area contributed by atoms with Gasteiger partial charge < -0.3 is 10.6 Å². The Kier molecular flexibility index (Phi) is 4.62. The number of nitrogens with zero attached hydrogens (tertiary/aromatic N) is 2. The van der Waals surface area contributed by atoms with Crippen LogP contribution < -0.4 is 5.73 Å². The van der Waals surface area contributed by atoms with Gasteiger partial charge in [0.15, 0.2) is 5.96 Å². The first kappa shape index (κ1) is 14.2. The fraction of sp³-hybridized carbons (Fsp3) is 0.900. The molecule has 2 N–H and O–H groups in total. The van der Waals surface area contributed by atoms with Crippen molar-refractivity contribution in [2.45, 2.75) is 36.5 Å². The molecule has 0 heterocycles. The summed E-state index contributed by atoms with van der Waals surface area (Å²) in [5.74, 6) is 0.606. The molecule has 16 heavy (non-hydrogen) atoms. The molecule has 0 spiro atoms. The summed E-state index contributed by atoms with van der Waals surface area (Å²) in [6.45, 7) is 0.624. The minimum absolute atomic E-state index is 0. The number of aliphatic imine (C=N–C) groups is 1. The predicted molar refractivity (Wildman–Crippen MR) is 78.7 cm³/mol. The fourth-order valence-electron chi connectivity index (χ4n) is 1.66. The molecule has 94 valence electrons. The second kappa shape index (κ2) is 5.20. The zero-order chi connectivity index (χ0) is 11.1. The summed E-state index contributed by atoms with van der Waals surface area (Å²) >= 11 is 0. The Balaban J connectivity index is 0.00000128. The van der Waals surface area contributed by atoms with Crippen LogP contribution in [0, 0.1) is 0 Å². The van der Waals surface area contributed by atoms with Gasteiger partial charge in [-0.1, -0.05) is 0 Å². The molecule has 2 saturated carbocycles. The summed E-state index contributed by atoms with van der Waals surface area (Å²) < 4.78 is 11.4. The van der Waals surface area contributed by atoms with Crippen LogP contribution in [0.2, 0.25) is 0 Å². The minimum atomic E-state index is -0.771. The van der Waals surface area contributed by atoms with Gasteiger partial charge in [-0.15, -0.1) is 24.0 Å². The van der Waals surface area contributed by atoms with Crippen LogP contribution in [-0.4, -0.2) is 45.7 Å². The lowest BCUT2D eigenvalue weighted by atomic mass is 10.4. The lowest BCUT2D eigenvalue weighted by Gasteiger charge is -2.18. The first-order valence-electron chi connectivity index (χ1n) is 5.41. The van der Waals surface area contributed by atoms with Gasteiger partial charge in [0, 0.05) is 30.1 Å². The zero-order valence-corrected chi connectivity index (χ0v) is 13.0. The van der Waals surface area contributed by atoms with E-state index in [0.717, 1.165) is 12.8 Å². The van der Waals surface area contributed by atoms with E-state index in [9.17, 15) is 4.21 Å². The Morgan fingerprint density at radius 2 is 2.12 bits per heavy atom. The van der Waals surface area contributed by atoms with Crippen molar-refractivity contribution >= 4 is 40.7 Å². The zero-order valence-electron chi connectivity index (χ0n) is 9.81. The lowest BCUT2D eigenvalue weighted by Crippen LogP contribution is -2.36. The molecule has 2 aliphatic rings. The fourth-order valence-corrected chi connectivity index (χ4v) is 2.58. The molecular formula is C10H20IN3OS. The average Bonchev–Trinajstić information content (AvgIpc) is 3.02. The van der Waals surface area contributed by atoms with Crippen molar-refractivity contribution in [3.8, 4) is 0 Å². The molecule has 2 fully saturated rings. The number of nitrogens with two attached hydrogens (primary N) is 1. The van der Waals surface area contributed by atoms with Crippen LogP contribution in [0.5, 0.6) is 0 Å². The van der Waals surface area contributed by atoms with Gasteiger partial charge in [-0.3, -0.25) is 9.20 Å². The van der Waals surface area contributed by atoms with Crippen molar-refractivity contribution in [3.63, 3.8) is 0 Å². The van der Waals surface area contributed by atoms with Crippen molar-refractivity contribution in [1.82, 2.24) is 4.90 Å². The van der Waals surface area contributed by atoms with Crippen molar-refractivity contribution in [1.29, 1.82) is 0 Å². The third kappa shape index (κ3) is 3.09. The Morgan fingerprint density at radius 3 is 2.50 bits per heavy atom. The molecular weight excluding hydrogens is 337 g/mol. The normalized spacial score (nSPS) is 24.5. The molecule has 0 saturated heterocycles. The Morgan fingerprint density at radius 1 is 1.56 bits per heavy atom. The van der Waals surface area contributed by atoms with Gasteiger partial charge in [0.25, 0.3) is 0 Å². The van der Waals surface area contributed by atoms with Crippen LogP contribution in [0.25, 0.3) is 0 Å². The molecule has 0 aromatic heterocycles. The van der Waals surface area contributed by atoms with Crippen LogP contribution in [-0.2, 0) is 10.8 Å². The monoisotopic (exact) mass is 357 g/mol. The van der Waals surface area contributed by atoms with E-state index >= 15 is 0 Å². The number of hydrogen-bond donors (Lipinski definition) is 1. The van der Waals surface area contributed by atoms with E-state index < -0.39 is 10.8 Å². The van der Waals surface area contributed by atoms with Gasteiger partial charge in [0.05, 0.1) is 11.3 Å². The molecule has 1 unspecified atom stereocenters. The van der Waals surface area contributed by atoms with Gasteiger partial charge >= 0.3 is 0 Å². The number of guanidine groups is 1. The molecule has 0 aromatic rings. The highest BCUT2D eigenvalue weighted by Crippen LogP contribution is 2.41. The number of halogens is 1. The van der Waals surface area contributed by atoms with Crippen LogP contribution in [0.3, 0.4) is 0 Å². The Labute approximate surface area is 117 Å². The minimum Gasteiger partial charge on any atom is -0.370 e. The highest BCUT2D eigenvalue weighted by molar-refractivity contribution is 14.0. The van der Waals surface area contributed by atoms with E-state index in [-0.39, 0.29) is 28.7 Å². The third-order valence-electron chi connectivity index (χ3n) is 3.40. The second-order valence-corrected chi connectivity index (χ2v) is 6.43. The number of hydrogen-bond acceptors (Lipinski definition) is 2. The first-order chi connectivity index (χ1) is 7.05. The highest BCUT2D eigenvalue weighted by Gasteiger charge is 2.46. The van der Waals surface area contributed by atoms with Crippen molar-refractivity contribution in [3.05, 3.63) is 0 Å². The first-order valence-corrected chi connectivity index (χ1v) is 6.97. The van der Waals surface area contributed by atoms with E-state index in [1.54, 1.807) is 6.26 Å².